The van der Waals surface area contributed by atoms with Gasteiger partial charge in [0, 0.05) is 31.1 Å². The Morgan fingerprint density at radius 2 is 1.72 bits per heavy atom. The molecule has 1 fully saturated rings. The van der Waals surface area contributed by atoms with Crippen molar-refractivity contribution in [3.8, 4) is 5.75 Å². The van der Waals surface area contributed by atoms with Crippen LogP contribution in [-0.2, 0) is 17.8 Å². The summed E-state index contributed by atoms with van der Waals surface area (Å²) in [5, 5.41) is 0. The van der Waals surface area contributed by atoms with Crippen LogP contribution in [0.3, 0.4) is 0 Å². The Morgan fingerprint density at radius 3 is 2.50 bits per heavy atom. The largest absolute Gasteiger partial charge is 0.494 e. The number of anilines is 1. The molecule has 1 saturated heterocycles. The van der Waals surface area contributed by atoms with Crippen LogP contribution >= 0.6 is 0 Å². The third-order valence-electron chi connectivity index (χ3n) is 6.10. The quantitative estimate of drug-likeness (QED) is 0.409. The number of imidazole rings is 1. The van der Waals surface area contributed by atoms with E-state index in [0.717, 1.165) is 41.3 Å². The van der Waals surface area contributed by atoms with Gasteiger partial charge >= 0.3 is 0 Å². The van der Waals surface area contributed by atoms with Crippen LogP contribution in [-0.4, -0.2) is 28.6 Å². The molecule has 3 aromatic carbocycles. The summed E-state index contributed by atoms with van der Waals surface area (Å²) in [5.41, 5.74) is 4.33. The van der Waals surface area contributed by atoms with E-state index in [2.05, 4.69) is 47.0 Å². The van der Waals surface area contributed by atoms with Crippen molar-refractivity contribution in [3.63, 3.8) is 0 Å². The second-order valence-electron chi connectivity index (χ2n) is 8.18. The summed E-state index contributed by atoms with van der Waals surface area (Å²) in [5.74, 6) is 2.03. The number of nitrogens with zero attached hydrogens (tertiary/aromatic N) is 3. The average molecular weight is 426 g/mol. The number of benzene rings is 3. The number of ether oxygens (including phenoxy) is 1. The second kappa shape index (κ2) is 8.87. The van der Waals surface area contributed by atoms with Crippen LogP contribution in [0.4, 0.5) is 5.69 Å². The summed E-state index contributed by atoms with van der Waals surface area (Å²) in [6, 6.07) is 26.5. The molecular formula is C27H27N3O2. The van der Waals surface area contributed by atoms with E-state index in [0.29, 0.717) is 19.6 Å². The topological polar surface area (TPSA) is 47.4 Å². The van der Waals surface area contributed by atoms with Gasteiger partial charge in [-0.15, -0.1) is 0 Å². The van der Waals surface area contributed by atoms with Crippen molar-refractivity contribution < 1.29 is 9.53 Å². The SMILES string of the molecule is CCOc1ccc(N2C[C@H](c3nc4ccccc4n3CCc3ccccc3)CC2=O)cc1. The molecule has 1 aliphatic rings. The highest BCUT2D eigenvalue weighted by Gasteiger charge is 2.34. The van der Waals surface area contributed by atoms with E-state index >= 15 is 0 Å². The molecule has 5 heteroatoms. The molecule has 5 rings (SSSR count). The van der Waals surface area contributed by atoms with Crippen LogP contribution in [0.15, 0.2) is 78.9 Å². The number of aromatic nitrogens is 2. The van der Waals surface area contributed by atoms with Gasteiger partial charge in [0.25, 0.3) is 0 Å². The lowest BCUT2D eigenvalue weighted by Gasteiger charge is -2.18. The zero-order valence-corrected chi connectivity index (χ0v) is 18.3. The molecule has 0 aliphatic carbocycles. The van der Waals surface area contributed by atoms with Gasteiger partial charge in [-0.2, -0.15) is 0 Å². The fourth-order valence-electron chi connectivity index (χ4n) is 4.55. The highest BCUT2D eigenvalue weighted by atomic mass is 16.5. The van der Waals surface area contributed by atoms with E-state index in [-0.39, 0.29) is 11.8 Å². The van der Waals surface area contributed by atoms with Gasteiger partial charge in [0.1, 0.15) is 11.6 Å². The number of carbonyl (C=O) groups excluding carboxylic acids is 1. The first-order valence-electron chi connectivity index (χ1n) is 11.2. The van der Waals surface area contributed by atoms with Crippen LogP contribution in [0.1, 0.15) is 30.7 Å². The van der Waals surface area contributed by atoms with E-state index < -0.39 is 0 Å². The average Bonchev–Trinajstić information content (AvgIpc) is 3.39. The number of aryl methyl sites for hydroxylation is 2. The Balaban J connectivity index is 1.42. The first-order chi connectivity index (χ1) is 15.7. The zero-order valence-electron chi connectivity index (χ0n) is 18.3. The number of carbonyl (C=O) groups is 1. The summed E-state index contributed by atoms with van der Waals surface area (Å²) in [7, 11) is 0. The molecule has 0 radical (unpaired) electrons. The molecule has 0 spiro atoms. The number of rotatable bonds is 7. The van der Waals surface area contributed by atoms with Gasteiger partial charge in [-0.05, 0) is 55.3 Å². The first kappa shape index (κ1) is 20.3. The molecule has 4 aromatic rings. The Bertz CT molecular complexity index is 1210. The number of hydrogen-bond acceptors (Lipinski definition) is 3. The predicted molar refractivity (Wildman–Crippen MR) is 127 cm³/mol. The minimum absolute atomic E-state index is 0.0669. The van der Waals surface area contributed by atoms with Crippen molar-refractivity contribution in [2.75, 3.05) is 18.1 Å². The Labute approximate surface area is 188 Å². The highest BCUT2D eigenvalue weighted by Crippen LogP contribution is 2.34. The number of amides is 1. The summed E-state index contributed by atoms with van der Waals surface area (Å²) >= 11 is 0. The standard InChI is InChI=1S/C27H27N3O2/c1-2-32-23-14-12-22(13-15-23)30-19-21(18-26(30)31)27-28-24-10-6-7-11-25(24)29(27)17-16-20-8-4-3-5-9-20/h3-15,21H,2,16-19H2,1H3/t21-/m1/s1. The lowest BCUT2D eigenvalue weighted by Crippen LogP contribution is -2.24. The maximum Gasteiger partial charge on any atom is 0.227 e. The van der Waals surface area contributed by atoms with E-state index in [1.165, 1.54) is 5.56 Å². The molecule has 1 aliphatic heterocycles. The minimum atomic E-state index is 0.0669. The Kier molecular flexibility index (Phi) is 5.63. The highest BCUT2D eigenvalue weighted by molar-refractivity contribution is 5.96. The summed E-state index contributed by atoms with van der Waals surface area (Å²) < 4.78 is 7.84. The normalized spacial score (nSPS) is 16.1. The minimum Gasteiger partial charge on any atom is -0.494 e. The van der Waals surface area contributed by atoms with Crippen molar-refractivity contribution in [3.05, 3.63) is 90.3 Å². The summed E-state index contributed by atoms with van der Waals surface area (Å²) in [4.78, 5) is 19.8. The van der Waals surface area contributed by atoms with Crippen molar-refractivity contribution >= 4 is 22.6 Å². The van der Waals surface area contributed by atoms with Crippen LogP contribution in [0, 0.1) is 0 Å². The molecule has 162 valence electrons. The molecule has 0 bridgehead atoms. The van der Waals surface area contributed by atoms with Crippen LogP contribution in [0.25, 0.3) is 11.0 Å². The van der Waals surface area contributed by atoms with E-state index in [9.17, 15) is 4.79 Å². The van der Waals surface area contributed by atoms with Crippen LogP contribution in [0.2, 0.25) is 0 Å². The van der Waals surface area contributed by atoms with Gasteiger partial charge in [-0.1, -0.05) is 42.5 Å². The molecule has 1 atom stereocenters. The van der Waals surface area contributed by atoms with E-state index in [1.54, 1.807) is 0 Å². The number of hydrogen-bond donors (Lipinski definition) is 0. The third-order valence-corrected chi connectivity index (χ3v) is 6.10. The zero-order chi connectivity index (χ0) is 21.9. The lowest BCUT2D eigenvalue weighted by atomic mass is 10.1. The smallest absolute Gasteiger partial charge is 0.227 e. The number of fused-ring (bicyclic) bond motifs is 1. The summed E-state index contributed by atoms with van der Waals surface area (Å²) in [6.45, 7) is 4.07. The molecule has 0 unspecified atom stereocenters. The van der Waals surface area contributed by atoms with Gasteiger partial charge in [0.15, 0.2) is 0 Å². The van der Waals surface area contributed by atoms with Crippen LogP contribution in [0.5, 0.6) is 5.75 Å². The van der Waals surface area contributed by atoms with E-state index in [4.69, 9.17) is 9.72 Å². The molecule has 2 heterocycles. The molecule has 32 heavy (non-hydrogen) atoms. The fourth-order valence-corrected chi connectivity index (χ4v) is 4.55. The van der Waals surface area contributed by atoms with Crippen molar-refractivity contribution in [1.29, 1.82) is 0 Å². The maximum atomic E-state index is 12.9. The molecule has 5 nitrogen and oxygen atoms in total. The van der Waals surface area contributed by atoms with Crippen LogP contribution < -0.4 is 9.64 Å². The van der Waals surface area contributed by atoms with Gasteiger partial charge in [0.2, 0.25) is 5.91 Å². The molecule has 0 saturated carbocycles. The predicted octanol–water partition coefficient (Wildman–Crippen LogP) is 5.20. The van der Waals surface area contributed by atoms with Gasteiger partial charge < -0.3 is 14.2 Å². The van der Waals surface area contributed by atoms with Crippen molar-refractivity contribution in [1.82, 2.24) is 9.55 Å². The monoisotopic (exact) mass is 425 g/mol. The maximum absolute atomic E-state index is 12.9. The van der Waals surface area contributed by atoms with Crippen molar-refractivity contribution in [2.45, 2.75) is 32.2 Å². The number of para-hydroxylation sites is 2. The van der Waals surface area contributed by atoms with E-state index in [1.807, 2.05) is 48.2 Å². The second-order valence-corrected chi connectivity index (χ2v) is 8.18. The van der Waals surface area contributed by atoms with Gasteiger partial charge in [-0.3, -0.25) is 4.79 Å². The lowest BCUT2D eigenvalue weighted by molar-refractivity contribution is -0.117. The van der Waals surface area contributed by atoms with Gasteiger partial charge in [-0.25, -0.2) is 4.98 Å². The third kappa shape index (κ3) is 3.98. The first-order valence-corrected chi connectivity index (χ1v) is 11.2. The molecular weight excluding hydrogens is 398 g/mol. The van der Waals surface area contributed by atoms with Gasteiger partial charge in [0.05, 0.1) is 17.6 Å². The van der Waals surface area contributed by atoms with Crippen molar-refractivity contribution in [2.24, 2.45) is 0 Å². The fraction of sp³-hybridized carbons (Fsp3) is 0.259. The molecule has 0 N–H and O–H groups in total. The Hall–Kier alpha value is -3.60. The molecule has 1 aromatic heterocycles. The molecule has 1 amide bonds. The summed E-state index contributed by atoms with van der Waals surface area (Å²) in [6.07, 6.45) is 1.40. The Morgan fingerprint density at radius 1 is 0.969 bits per heavy atom.